The summed E-state index contributed by atoms with van der Waals surface area (Å²) >= 11 is 0. The van der Waals surface area contributed by atoms with Crippen LogP contribution in [0.1, 0.15) is 44.5 Å². The zero-order valence-electron chi connectivity index (χ0n) is 15.1. The minimum Gasteiger partial charge on any atom is -0.469 e. The summed E-state index contributed by atoms with van der Waals surface area (Å²) in [5.41, 5.74) is 2.47. The second-order valence-electron chi connectivity index (χ2n) is 7.28. The number of nitrogens with one attached hydrogen (secondary N) is 1. The number of carbonyl (C=O) groups excluding carboxylic acids is 2. The number of hydrogen-bond donors (Lipinski definition) is 1. The maximum Gasteiger partial charge on any atom is 0.410 e. The summed E-state index contributed by atoms with van der Waals surface area (Å²) in [5.74, 6) is -0.356. The molecule has 0 radical (unpaired) electrons. The van der Waals surface area contributed by atoms with Crippen LogP contribution in [-0.4, -0.2) is 41.2 Å². The number of aromatic amines is 1. The normalized spacial score (nSPS) is 17.3. The molecule has 2 aromatic rings. The van der Waals surface area contributed by atoms with Gasteiger partial charge in [0.05, 0.1) is 19.6 Å². The number of fused-ring (bicyclic) bond motifs is 3. The summed E-state index contributed by atoms with van der Waals surface area (Å²) in [6.07, 6.45) is 0.400. The van der Waals surface area contributed by atoms with Gasteiger partial charge in [-0.05, 0) is 38.8 Å². The zero-order chi connectivity index (χ0) is 18.2. The number of esters is 1. The van der Waals surface area contributed by atoms with Gasteiger partial charge in [-0.3, -0.25) is 9.69 Å². The number of benzene rings is 1. The third-order valence-electron chi connectivity index (χ3n) is 4.37. The van der Waals surface area contributed by atoms with E-state index in [2.05, 4.69) is 11.1 Å². The molecule has 1 aromatic carbocycles. The molecule has 1 aliphatic heterocycles. The van der Waals surface area contributed by atoms with Crippen molar-refractivity contribution in [1.29, 1.82) is 0 Å². The number of H-pyrrole nitrogens is 1. The van der Waals surface area contributed by atoms with E-state index >= 15 is 0 Å². The molecule has 6 nitrogen and oxygen atoms in total. The minimum atomic E-state index is -0.590. The van der Waals surface area contributed by atoms with Gasteiger partial charge in [-0.15, -0.1) is 0 Å². The minimum absolute atomic E-state index is 0.0928. The molecule has 0 saturated carbocycles. The molecule has 0 bridgehead atoms. The van der Waals surface area contributed by atoms with Crippen molar-refractivity contribution in [1.82, 2.24) is 9.88 Å². The monoisotopic (exact) mass is 344 g/mol. The number of methoxy groups -OCH3 is 1. The number of carbonyl (C=O) groups is 2. The lowest BCUT2D eigenvalue weighted by molar-refractivity contribution is -0.142. The first-order valence-electron chi connectivity index (χ1n) is 8.46. The van der Waals surface area contributed by atoms with Crippen LogP contribution in [0.5, 0.6) is 0 Å². The fraction of sp³-hybridized carbons (Fsp3) is 0.474. The summed E-state index contributed by atoms with van der Waals surface area (Å²) in [5, 5.41) is 1.14. The number of hydrogen-bond acceptors (Lipinski definition) is 4. The van der Waals surface area contributed by atoms with Crippen LogP contribution in [0.25, 0.3) is 10.9 Å². The highest BCUT2D eigenvalue weighted by Crippen LogP contribution is 2.37. The van der Waals surface area contributed by atoms with Crippen molar-refractivity contribution in [3.05, 3.63) is 35.5 Å². The average Bonchev–Trinajstić information content (AvgIpc) is 2.92. The first-order chi connectivity index (χ1) is 11.8. The molecule has 0 saturated heterocycles. The molecular formula is C19H24N2O4. The van der Waals surface area contributed by atoms with Crippen LogP contribution >= 0.6 is 0 Å². The molecule has 2 heterocycles. The van der Waals surface area contributed by atoms with Crippen molar-refractivity contribution in [2.24, 2.45) is 0 Å². The lowest BCUT2D eigenvalue weighted by Crippen LogP contribution is -2.43. The number of para-hydroxylation sites is 1. The van der Waals surface area contributed by atoms with Gasteiger partial charge in [0.15, 0.2) is 0 Å². The third-order valence-corrected chi connectivity index (χ3v) is 4.37. The molecule has 25 heavy (non-hydrogen) atoms. The van der Waals surface area contributed by atoms with Crippen LogP contribution in [0.3, 0.4) is 0 Å². The Morgan fingerprint density at radius 3 is 2.68 bits per heavy atom. The molecule has 1 atom stereocenters. The van der Waals surface area contributed by atoms with Crippen molar-refractivity contribution in [2.45, 2.75) is 45.3 Å². The highest BCUT2D eigenvalue weighted by atomic mass is 16.6. The standard InChI is InChI=1S/C19H24N2O4/c1-19(2,3)25-18(23)21-10-9-13-12-7-5-6-8-14(12)20-17(13)15(21)11-16(22)24-4/h5-8,15,20H,9-11H2,1-4H3/t15-/m1/s1. The molecule has 6 heteroatoms. The molecule has 3 rings (SSSR count). The molecule has 134 valence electrons. The van der Waals surface area contributed by atoms with Crippen molar-refractivity contribution in [2.75, 3.05) is 13.7 Å². The second-order valence-corrected chi connectivity index (χ2v) is 7.28. The lowest BCUT2D eigenvalue weighted by atomic mass is 9.95. The SMILES string of the molecule is COC(=O)C[C@@H]1c2[nH]c3ccccc3c2CCN1C(=O)OC(C)(C)C. The summed E-state index contributed by atoms with van der Waals surface area (Å²) in [6, 6.07) is 7.60. The maximum atomic E-state index is 12.7. The number of amides is 1. The molecular weight excluding hydrogens is 320 g/mol. The van der Waals surface area contributed by atoms with Crippen molar-refractivity contribution < 1.29 is 19.1 Å². The predicted octanol–water partition coefficient (Wildman–Crippen LogP) is 3.57. The van der Waals surface area contributed by atoms with Crippen molar-refractivity contribution in [3.63, 3.8) is 0 Å². The van der Waals surface area contributed by atoms with E-state index in [0.29, 0.717) is 6.54 Å². The lowest BCUT2D eigenvalue weighted by Gasteiger charge is -2.36. The smallest absolute Gasteiger partial charge is 0.410 e. The Morgan fingerprint density at radius 2 is 2.00 bits per heavy atom. The molecule has 0 spiro atoms. The summed E-state index contributed by atoms with van der Waals surface area (Å²) in [6.45, 7) is 6.00. The molecule has 1 N–H and O–H groups in total. The van der Waals surface area contributed by atoms with Gasteiger partial charge in [-0.2, -0.15) is 0 Å². The number of ether oxygens (including phenoxy) is 2. The van der Waals surface area contributed by atoms with E-state index in [9.17, 15) is 9.59 Å². The fourth-order valence-corrected chi connectivity index (χ4v) is 3.31. The number of aromatic nitrogens is 1. The summed E-state index contributed by atoms with van der Waals surface area (Å²) in [7, 11) is 1.36. The summed E-state index contributed by atoms with van der Waals surface area (Å²) in [4.78, 5) is 29.6. The Balaban J connectivity index is 2.00. The molecule has 1 amide bonds. The Bertz CT molecular complexity index is 803. The Morgan fingerprint density at radius 1 is 1.28 bits per heavy atom. The second kappa shape index (κ2) is 6.43. The fourth-order valence-electron chi connectivity index (χ4n) is 3.31. The van der Waals surface area contributed by atoms with Crippen LogP contribution in [-0.2, 0) is 20.7 Å². The van der Waals surface area contributed by atoms with Gasteiger partial charge in [-0.25, -0.2) is 4.79 Å². The van der Waals surface area contributed by atoms with E-state index in [1.54, 1.807) is 4.90 Å². The molecule has 1 aromatic heterocycles. The Kier molecular flexibility index (Phi) is 4.45. The van der Waals surface area contributed by atoms with Gasteiger partial charge in [-0.1, -0.05) is 18.2 Å². The first-order valence-corrected chi connectivity index (χ1v) is 8.46. The van der Waals surface area contributed by atoms with Crippen LogP contribution in [0, 0.1) is 0 Å². The molecule has 0 fully saturated rings. The molecule has 1 aliphatic rings. The third kappa shape index (κ3) is 3.48. The van der Waals surface area contributed by atoms with Gasteiger partial charge in [0, 0.05) is 23.1 Å². The maximum absolute atomic E-state index is 12.7. The van der Waals surface area contributed by atoms with E-state index in [4.69, 9.17) is 9.47 Å². The Labute approximate surface area is 147 Å². The first kappa shape index (κ1) is 17.3. The van der Waals surface area contributed by atoms with Gasteiger partial charge in [0.25, 0.3) is 0 Å². The van der Waals surface area contributed by atoms with E-state index < -0.39 is 17.7 Å². The van der Waals surface area contributed by atoms with Gasteiger partial charge < -0.3 is 14.5 Å². The highest BCUT2D eigenvalue weighted by molar-refractivity contribution is 5.86. The van der Waals surface area contributed by atoms with E-state index in [1.807, 2.05) is 39.0 Å². The average molecular weight is 344 g/mol. The Hall–Kier alpha value is -2.50. The van der Waals surface area contributed by atoms with Crippen LogP contribution in [0.4, 0.5) is 4.79 Å². The van der Waals surface area contributed by atoms with Crippen LogP contribution in [0.15, 0.2) is 24.3 Å². The van der Waals surface area contributed by atoms with Gasteiger partial charge in [0.1, 0.15) is 5.60 Å². The number of rotatable bonds is 2. The zero-order valence-corrected chi connectivity index (χ0v) is 15.1. The number of nitrogens with zero attached hydrogens (tertiary/aromatic N) is 1. The summed E-state index contributed by atoms with van der Waals surface area (Å²) < 4.78 is 10.4. The van der Waals surface area contributed by atoms with Gasteiger partial charge >= 0.3 is 12.1 Å². The van der Waals surface area contributed by atoms with Gasteiger partial charge in [0.2, 0.25) is 0 Å². The van der Waals surface area contributed by atoms with E-state index in [-0.39, 0.29) is 12.4 Å². The van der Waals surface area contributed by atoms with Crippen molar-refractivity contribution in [3.8, 4) is 0 Å². The van der Waals surface area contributed by atoms with Crippen molar-refractivity contribution >= 4 is 23.0 Å². The topological polar surface area (TPSA) is 71.6 Å². The van der Waals surface area contributed by atoms with Crippen LogP contribution in [0.2, 0.25) is 0 Å². The highest BCUT2D eigenvalue weighted by Gasteiger charge is 2.37. The van der Waals surface area contributed by atoms with Crippen LogP contribution < -0.4 is 0 Å². The quantitative estimate of drug-likeness (QED) is 0.846. The molecule has 0 aliphatic carbocycles. The molecule has 0 unspecified atom stereocenters. The predicted molar refractivity (Wildman–Crippen MR) is 94.3 cm³/mol. The largest absolute Gasteiger partial charge is 0.469 e. The van der Waals surface area contributed by atoms with E-state index in [1.165, 1.54) is 7.11 Å². The van der Waals surface area contributed by atoms with E-state index in [0.717, 1.165) is 28.6 Å².